The van der Waals surface area contributed by atoms with E-state index in [-0.39, 0.29) is 17.3 Å². The maximum Gasteiger partial charge on any atom is 0.578 e. The van der Waals surface area contributed by atoms with Crippen molar-refractivity contribution >= 4 is 17.1 Å². The summed E-state index contributed by atoms with van der Waals surface area (Å²) >= 11 is -3.02. The third-order valence-electron chi connectivity index (χ3n) is 3.06. The molecule has 1 aromatic rings. The number of nitrogens with zero attached hydrogens (tertiary/aromatic N) is 1. The van der Waals surface area contributed by atoms with Crippen molar-refractivity contribution in [3.05, 3.63) is 29.3 Å². The molecule has 0 fully saturated rings. The van der Waals surface area contributed by atoms with Crippen LogP contribution in [0.4, 0.5) is 13.2 Å². The van der Waals surface area contributed by atoms with E-state index in [1.807, 2.05) is 0 Å². The number of amides is 1. The van der Waals surface area contributed by atoms with E-state index in [1.165, 1.54) is 19.1 Å². The number of hydrogen-bond acceptors (Lipinski definition) is 2. The van der Waals surface area contributed by atoms with Gasteiger partial charge in [0, 0.05) is 20.0 Å². The molecule has 3 nitrogen and oxygen atoms in total. The van der Waals surface area contributed by atoms with Crippen LogP contribution >= 0.6 is 0 Å². The van der Waals surface area contributed by atoms with Gasteiger partial charge in [-0.2, -0.15) is 0 Å². The molecule has 1 heterocycles. The second-order valence-electron chi connectivity index (χ2n) is 4.34. The minimum absolute atomic E-state index is 0.118. The molecule has 104 valence electrons. The number of halogens is 3. The highest BCUT2D eigenvalue weighted by Gasteiger charge is 2.46. The minimum atomic E-state index is -4.76. The van der Waals surface area contributed by atoms with Crippen molar-refractivity contribution in [2.75, 3.05) is 6.54 Å². The van der Waals surface area contributed by atoms with Gasteiger partial charge in [-0.05, 0) is 29.7 Å². The smallest absolute Gasteiger partial charge is 0.578 e. The van der Waals surface area contributed by atoms with E-state index in [4.69, 9.17) is 0 Å². The van der Waals surface area contributed by atoms with Crippen molar-refractivity contribution in [3.63, 3.8) is 0 Å². The first-order chi connectivity index (χ1) is 8.79. The highest BCUT2D eigenvalue weighted by molar-refractivity contribution is 7.92. The zero-order valence-electron chi connectivity index (χ0n) is 10.2. The van der Waals surface area contributed by atoms with Crippen molar-refractivity contribution in [1.29, 1.82) is 0 Å². The van der Waals surface area contributed by atoms with Gasteiger partial charge in [-0.3, -0.25) is 4.79 Å². The number of hydrogen-bond donors (Lipinski definition) is 0. The Morgan fingerprint density at radius 1 is 1.37 bits per heavy atom. The van der Waals surface area contributed by atoms with Crippen LogP contribution in [0.5, 0.6) is 0 Å². The van der Waals surface area contributed by atoms with E-state index >= 15 is 0 Å². The number of carbonyl (C=O) groups is 1. The van der Waals surface area contributed by atoms with Crippen LogP contribution in [-0.4, -0.2) is 27.4 Å². The van der Waals surface area contributed by atoms with E-state index < -0.39 is 16.7 Å². The Morgan fingerprint density at radius 3 is 2.63 bits per heavy atom. The van der Waals surface area contributed by atoms with E-state index in [2.05, 4.69) is 0 Å². The third kappa shape index (κ3) is 3.03. The molecule has 0 spiro atoms. The number of rotatable bonds is 1. The molecule has 0 radical (unpaired) electrons. The molecule has 19 heavy (non-hydrogen) atoms. The Bertz CT molecular complexity index is 504. The monoisotopic (exact) mass is 291 g/mol. The van der Waals surface area contributed by atoms with Crippen molar-refractivity contribution in [3.8, 4) is 0 Å². The van der Waals surface area contributed by atoms with Crippen LogP contribution in [0.3, 0.4) is 0 Å². The molecule has 0 bridgehead atoms. The molecule has 0 saturated heterocycles. The molecule has 1 aliphatic rings. The van der Waals surface area contributed by atoms with Gasteiger partial charge >= 0.3 is 5.51 Å². The maximum atomic E-state index is 12.4. The summed E-state index contributed by atoms with van der Waals surface area (Å²) < 4.78 is 48.5. The lowest BCUT2D eigenvalue weighted by Crippen LogP contribution is -2.34. The van der Waals surface area contributed by atoms with Gasteiger partial charge < -0.3 is 9.45 Å². The second kappa shape index (κ2) is 5.05. The van der Waals surface area contributed by atoms with Gasteiger partial charge in [-0.1, -0.05) is 6.07 Å². The summed E-state index contributed by atoms with van der Waals surface area (Å²) in [5.74, 6) is -0.118. The van der Waals surface area contributed by atoms with E-state index in [9.17, 15) is 22.5 Å². The van der Waals surface area contributed by atoms with Gasteiger partial charge in [0.05, 0.1) is 11.2 Å². The molecule has 1 atom stereocenters. The molecule has 2 rings (SSSR count). The van der Waals surface area contributed by atoms with Crippen LogP contribution in [0.1, 0.15) is 18.1 Å². The van der Waals surface area contributed by atoms with Gasteiger partial charge in [0.25, 0.3) is 0 Å². The van der Waals surface area contributed by atoms with Crippen LogP contribution in [0.25, 0.3) is 0 Å². The summed E-state index contributed by atoms with van der Waals surface area (Å²) in [6.45, 7) is 2.25. The number of alkyl halides is 3. The highest BCUT2D eigenvalue weighted by Crippen LogP contribution is 2.32. The lowest BCUT2D eigenvalue weighted by Gasteiger charge is -2.28. The predicted molar refractivity (Wildman–Crippen MR) is 63.7 cm³/mol. The molecular formula is C12H12F3NO2S. The van der Waals surface area contributed by atoms with E-state index in [1.54, 1.807) is 11.0 Å². The molecule has 0 N–H and O–H groups in total. The molecular weight excluding hydrogens is 279 g/mol. The zero-order chi connectivity index (χ0) is 14.2. The number of fused-ring (bicyclic) bond motifs is 1. The quantitative estimate of drug-likeness (QED) is 0.745. The van der Waals surface area contributed by atoms with Gasteiger partial charge in [-0.15, -0.1) is 13.2 Å². The number of benzene rings is 1. The van der Waals surface area contributed by atoms with E-state index in [0.717, 1.165) is 5.56 Å². The topological polar surface area (TPSA) is 43.4 Å². The van der Waals surface area contributed by atoms with Crippen molar-refractivity contribution in [1.82, 2.24) is 4.90 Å². The average Bonchev–Trinajstić information content (AvgIpc) is 2.35. The summed E-state index contributed by atoms with van der Waals surface area (Å²) in [5, 5.41) is 0. The predicted octanol–water partition coefficient (Wildman–Crippen LogP) is 2.22. The van der Waals surface area contributed by atoms with Gasteiger partial charge in [-0.25, -0.2) is 0 Å². The Balaban J connectivity index is 2.28. The van der Waals surface area contributed by atoms with Crippen molar-refractivity contribution < 1.29 is 22.5 Å². The first-order valence-corrected chi connectivity index (χ1v) is 6.80. The van der Waals surface area contributed by atoms with Gasteiger partial charge in [0.15, 0.2) is 4.90 Å². The van der Waals surface area contributed by atoms with Crippen molar-refractivity contribution in [2.45, 2.75) is 30.3 Å². The molecule has 1 aromatic carbocycles. The van der Waals surface area contributed by atoms with Crippen LogP contribution in [0, 0.1) is 0 Å². The number of carbonyl (C=O) groups excluding carboxylic acids is 1. The molecule has 7 heteroatoms. The SMILES string of the molecule is CC(=O)N1CCc2ccc([S+]([O-])C(F)(F)F)cc2C1. The lowest BCUT2D eigenvalue weighted by atomic mass is 10.00. The fourth-order valence-electron chi connectivity index (χ4n) is 2.05. The second-order valence-corrected chi connectivity index (χ2v) is 5.81. The molecule has 0 saturated carbocycles. The third-order valence-corrected chi connectivity index (χ3v) is 4.16. The fraction of sp³-hybridized carbons (Fsp3) is 0.417. The van der Waals surface area contributed by atoms with Gasteiger partial charge in [0.2, 0.25) is 5.91 Å². The summed E-state index contributed by atoms with van der Waals surface area (Å²) in [6, 6.07) is 4.09. The molecule has 1 unspecified atom stereocenters. The standard InChI is InChI=1S/C12H12F3NO2S/c1-8(17)16-5-4-9-2-3-11(6-10(9)7-16)19(18)12(13,14)15/h2-3,6H,4-5,7H2,1H3. The summed E-state index contributed by atoms with van der Waals surface area (Å²) in [4.78, 5) is 12.6. The van der Waals surface area contributed by atoms with Gasteiger partial charge in [0.1, 0.15) is 0 Å². The molecule has 1 aliphatic heterocycles. The molecule has 0 aromatic heterocycles. The molecule has 0 aliphatic carbocycles. The highest BCUT2D eigenvalue weighted by atomic mass is 32.2. The largest absolute Gasteiger partial charge is 0.604 e. The van der Waals surface area contributed by atoms with Crippen LogP contribution in [0.2, 0.25) is 0 Å². The first kappa shape index (κ1) is 14.2. The summed E-state index contributed by atoms with van der Waals surface area (Å²) in [5.41, 5.74) is -3.22. The van der Waals surface area contributed by atoms with Crippen LogP contribution in [-0.2, 0) is 28.9 Å². The van der Waals surface area contributed by atoms with Crippen molar-refractivity contribution in [2.24, 2.45) is 0 Å². The average molecular weight is 291 g/mol. The Labute approximate surface area is 111 Å². The first-order valence-electron chi connectivity index (χ1n) is 5.65. The van der Waals surface area contributed by atoms with Crippen LogP contribution < -0.4 is 0 Å². The Kier molecular flexibility index (Phi) is 3.78. The summed E-state index contributed by atoms with van der Waals surface area (Å²) in [7, 11) is 0. The summed E-state index contributed by atoms with van der Waals surface area (Å²) in [6.07, 6.45) is 0.605. The maximum absolute atomic E-state index is 12.4. The Hall–Kier alpha value is -1.21. The fourth-order valence-corrected chi connectivity index (χ4v) is 2.76. The lowest BCUT2D eigenvalue weighted by molar-refractivity contribution is -0.129. The minimum Gasteiger partial charge on any atom is -0.604 e. The molecule has 1 amide bonds. The normalized spacial score (nSPS) is 17.0. The Morgan fingerprint density at radius 2 is 2.05 bits per heavy atom. The van der Waals surface area contributed by atoms with E-state index in [0.29, 0.717) is 18.5 Å². The van der Waals surface area contributed by atoms with Crippen LogP contribution in [0.15, 0.2) is 23.1 Å². The zero-order valence-corrected chi connectivity index (χ0v) is 11.0.